The van der Waals surface area contributed by atoms with Crippen molar-refractivity contribution in [3.8, 4) is 0 Å². The molecule has 0 aliphatic heterocycles. The minimum Gasteiger partial charge on any atom is -0.462 e. The fourth-order valence-electron chi connectivity index (χ4n) is 11.5. The molecule has 0 saturated heterocycles. The molecule has 0 amide bonds. The maximum absolute atomic E-state index is 13.1. The van der Waals surface area contributed by atoms with Gasteiger partial charge >= 0.3 is 39.5 Å². The van der Waals surface area contributed by atoms with Crippen LogP contribution in [0.4, 0.5) is 0 Å². The maximum atomic E-state index is 13.1. The van der Waals surface area contributed by atoms with Crippen LogP contribution in [0.5, 0.6) is 0 Å². The van der Waals surface area contributed by atoms with Gasteiger partial charge in [-0.1, -0.05) is 343 Å². The summed E-state index contributed by atoms with van der Waals surface area (Å²) >= 11 is 0. The van der Waals surface area contributed by atoms with Crippen molar-refractivity contribution in [2.75, 3.05) is 39.6 Å². The first kappa shape index (κ1) is 92.1. The lowest BCUT2D eigenvalue weighted by Crippen LogP contribution is -2.30. The quantitative estimate of drug-likeness (QED) is 0.0222. The zero-order chi connectivity index (χ0) is 69.1. The molecule has 3 N–H and O–H groups in total. The molecule has 0 aromatic heterocycles. The Kier molecular flexibility index (Phi) is 66.8. The minimum absolute atomic E-state index is 0.106. The van der Waals surface area contributed by atoms with E-state index in [0.717, 1.165) is 95.8 Å². The van der Waals surface area contributed by atoms with Crippen LogP contribution in [0, 0.1) is 5.92 Å². The summed E-state index contributed by atoms with van der Waals surface area (Å²) in [5.41, 5.74) is 0. The van der Waals surface area contributed by atoms with Crippen LogP contribution >= 0.6 is 15.6 Å². The van der Waals surface area contributed by atoms with Crippen molar-refractivity contribution < 1.29 is 80.2 Å². The summed E-state index contributed by atoms with van der Waals surface area (Å²) in [6.45, 7) is 7.28. The SMILES string of the molecule is CCCCCCCCCCCCCCCCCCCC(=O)OC[C@H](COP(=O)(O)OC[C@@H](O)COP(=O)(O)OC[C@@H](COC(=O)CCCCCCCCCCC)OC(=O)CCCCCCCCCCC)OC(=O)CCCCCCCCCCCCCCCCCCC(C)C. The summed E-state index contributed by atoms with van der Waals surface area (Å²) in [5.74, 6) is -1.31. The zero-order valence-corrected chi connectivity index (χ0v) is 62.9. The number of carbonyl (C=O) groups excluding carboxylic acids is 4. The third kappa shape index (κ3) is 68.6. The highest BCUT2D eigenvalue weighted by atomic mass is 31.2. The molecule has 5 atom stereocenters. The van der Waals surface area contributed by atoms with Crippen molar-refractivity contribution in [2.24, 2.45) is 5.92 Å². The molecule has 0 aliphatic rings. The van der Waals surface area contributed by atoms with E-state index in [1.165, 1.54) is 218 Å². The lowest BCUT2D eigenvalue weighted by molar-refractivity contribution is -0.161. The number of phosphoric ester groups is 2. The first-order chi connectivity index (χ1) is 45.5. The monoisotopic (exact) mass is 1380 g/mol. The lowest BCUT2D eigenvalue weighted by atomic mass is 10.0. The number of unbranched alkanes of at least 4 members (excludes halogenated alkanes) is 47. The Labute approximate surface area is 575 Å². The number of hydrogen-bond donors (Lipinski definition) is 3. The second-order valence-electron chi connectivity index (χ2n) is 27.5. The van der Waals surface area contributed by atoms with E-state index in [0.29, 0.717) is 25.7 Å². The Balaban J connectivity index is 5.18. The standard InChI is InChI=1S/C75H146O17P2/c1-6-9-12-15-18-21-22-23-24-25-29-32-35-40-44-49-54-59-73(78)86-65-71(92-75(80)61-56-51-46-41-36-33-30-27-26-28-31-34-39-42-47-52-57-68(4)5)67-90-94(83,84)88-63-69(76)62-87-93(81,82)89-66-70(91-74(79)60-55-50-45-38-20-17-14-11-8-3)64-85-72(77)58-53-48-43-37-19-16-13-10-7-2/h68-71,76H,6-67H2,1-5H3,(H,81,82)(H,83,84)/t69-,70+,71+/m0/s1. The van der Waals surface area contributed by atoms with Gasteiger partial charge in [-0.25, -0.2) is 9.13 Å². The minimum atomic E-state index is -4.96. The lowest BCUT2D eigenvalue weighted by Gasteiger charge is -2.21. The summed E-state index contributed by atoms with van der Waals surface area (Å²) in [5, 5.41) is 10.6. The molecule has 0 fully saturated rings. The highest BCUT2D eigenvalue weighted by Crippen LogP contribution is 2.45. The molecule has 0 spiro atoms. The molecule has 17 nitrogen and oxygen atoms in total. The number of aliphatic hydroxyl groups excluding tert-OH is 1. The van der Waals surface area contributed by atoms with Crippen molar-refractivity contribution in [3.63, 3.8) is 0 Å². The number of esters is 4. The van der Waals surface area contributed by atoms with E-state index in [2.05, 4.69) is 34.6 Å². The molecule has 0 rings (SSSR count). The summed E-state index contributed by atoms with van der Waals surface area (Å²) in [7, 11) is -9.90. The highest BCUT2D eigenvalue weighted by Gasteiger charge is 2.30. The average molecular weight is 1380 g/mol. The van der Waals surface area contributed by atoms with Crippen LogP contribution < -0.4 is 0 Å². The molecule has 0 bridgehead atoms. The fraction of sp³-hybridized carbons (Fsp3) is 0.947. The van der Waals surface area contributed by atoms with Gasteiger partial charge in [0.1, 0.15) is 19.3 Å². The van der Waals surface area contributed by atoms with E-state index in [4.69, 9.17) is 37.0 Å². The largest absolute Gasteiger partial charge is 0.472 e. The molecule has 2 unspecified atom stereocenters. The molecule has 0 saturated carbocycles. The van der Waals surface area contributed by atoms with E-state index in [1.807, 2.05) is 0 Å². The van der Waals surface area contributed by atoms with Crippen LogP contribution in [0.3, 0.4) is 0 Å². The van der Waals surface area contributed by atoms with Crippen molar-refractivity contribution >= 4 is 39.5 Å². The van der Waals surface area contributed by atoms with Gasteiger partial charge in [0.2, 0.25) is 0 Å². The molecule has 0 radical (unpaired) electrons. The Morgan fingerprint density at radius 1 is 0.287 bits per heavy atom. The molecule has 0 aliphatic carbocycles. The van der Waals surface area contributed by atoms with Crippen LogP contribution in [0.25, 0.3) is 0 Å². The van der Waals surface area contributed by atoms with Crippen molar-refractivity contribution in [1.29, 1.82) is 0 Å². The number of aliphatic hydroxyl groups is 1. The van der Waals surface area contributed by atoms with Crippen molar-refractivity contribution in [2.45, 2.75) is 412 Å². The third-order valence-corrected chi connectivity index (χ3v) is 19.4. The first-order valence-electron chi connectivity index (χ1n) is 39.1. The molecule has 558 valence electrons. The van der Waals surface area contributed by atoms with Crippen molar-refractivity contribution in [3.05, 3.63) is 0 Å². The number of ether oxygens (including phenoxy) is 4. The molecular formula is C75H146O17P2. The van der Waals surface area contributed by atoms with Gasteiger partial charge in [0.25, 0.3) is 0 Å². The Hall–Kier alpha value is -1.94. The third-order valence-electron chi connectivity index (χ3n) is 17.5. The van der Waals surface area contributed by atoms with Gasteiger partial charge in [-0.2, -0.15) is 0 Å². The second kappa shape index (κ2) is 68.2. The van der Waals surface area contributed by atoms with Crippen LogP contribution in [-0.4, -0.2) is 96.7 Å². The molecule has 0 heterocycles. The molecule has 19 heteroatoms. The Bertz CT molecular complexity index is 1810. The van der Waals surface area contributed by atoms with Gasteiger partial charge in [-0.3, -0.25) is 37.3 Å². The Morgan fingerprint density at radius 3 is 0.723 bits per heavy atom. The molecule has 0 aromatic carbocycles. The number of carbonyl (C=O) groups is 4. The van der Waals surface area contributed by atoms with E-state index in [1.54, 1.807) is 0 Å². The molecule has 0 aromatic rings. The fourth-order valence-corrected chi connectivity index (χ4v) is 13.1. The van der Waals surface area contributed by atoms with Crippen molar-refractivity contribution in [1.82, 2.24) is 0 Å². The number of rotatable bonds is 75. The van der Waals surface area contributed by atoms with Crippen LogP contribution in [0.15, 0.2) is 0 Å². The smallest absolute Gasteiger partial charge is 0.462 e. The van der Waals surface area contributed by atoms with Crippen LogP contribution in [-0.2, 0) is 65.4 Å². The van der Waals surface area contributed by atoms with Gasteiger partial charge in [-0.05, 0) is 31.6 Å². The Morgan fingerprint density at radius 2 is 0.489 bits per heavy atom. The highest BCUT2D eigenvalue weighted by molar-refractivity contribution is 7.47. The summed E-state index contributed by atoms with van der Waals surface area (Å²) < 4.78 is 68.4. The predicted molar refractivity (Wildman–Crippen MR) is 382 cm³/mol. The van der Waals surface area contributed by atoms with Gasteiger partial charge in [0.05, 0.1) is 26.4 Å². The van der Waals surface area contributed by atoms with Gasteiger partial charge in [0.15, 0.2) is 12.2 Å². The first-order valence-corrected chi connectivity index (χ1v) is 42.1. The predicted octanol–water partition coefficient (Wildman–Crippen LogP) is 22.1. The van der Waals surface area contributed by atoms with Crippen LogP contribution in [0.1, 0.15) is 394 Å². The number of phosphoric acid groups is 2. The molecular weight excluding hydrogens is 1230 g/mol. The van der Waals surface area contributed by atoms with E-state index in [9.17, 15) is 43.2 Å². The van der Waals surface area contributed by atoms with E-state index < -0.39 is 97.5 Å². The zero-order valence-electron chi connectivity index (χ0n) is 61.1. The summed E-state index contributed by atoms with van der Waals surface area (Å²) in [4.78, 5) is 72.6. The number of hydrogen-bond acceptors (Lipinski definition) is 15. The van der Waals surface area contributed by atoms with Crippen LogP contribution in [0.2, 0.25) is 0 Å². The maximum Gasteiger partial charge on any atom is 0.472 e. The molecule has 94 heavy (non-hydrogen) atoms. The van der Waals surface area contributed by atoms with Gasteiger partial charge in [-0.15, -0.1) is 0 Å². The average Bonchev–Trinajstić information content (AvgIpc) is 1.32. The van der Waals surface area contributed by atoms with E-state index in [-0.39, 0.29) is 25.7 Å². The second-order valence-corrected chi connectivity index (χ2v) is 30.4. The topological polar surface area (TPSA) is 237 Å². The summed E-state index contributed by atoms with van der Waals surface area (Å²) in [6.07, 6.45) is 56.9. The normalized spacial score (nSPS) is 14.0. The summed E-state index contributed by atoms with van der Waals surface area (Å²) in [6, 6.07) is 0. The van der Waals surface area contributed by atoms with E-state index >= 15 is 0 Å². The van der Waals surface area contributed by atoms with Gasteiger partial charge in [0, 0.05) is 25.7 Å². The van der Waals surface area contributed by atoms with Gasteiger partial charge < -0.3 is 33.8 Å².